The summed E-state index contributed by atoms with van der Waals surface area (Å²) in [5.74, 6) is -3.28. The molecule has 0 saturated carbocycles. The van der Waals surface area contributed by atoms with E-state index in [2.05, 4.69) is 6.58 Å². The molecule has 1 amide bonds. The quantitative estimate of drug-likeness (QED) is 0.507. The van der Waals surface area contributed by atoms with Crippen molar-refractivity contribution in [2.24, 2.45) is 0 Å². The van der Waals surface area contributed by atoms with E-state index in [-0.39, 0.29) is 36.6 Å². The fourth-order valence-corrected chi connectivity index (χ4v) is 3.69. The van der Waals surface area contributed by atoms with Gasteiger partial charge in [0.2, 0.25) is 5.91 Å². The van der Waals surface area contributed by atoms with Crippen LogP contribution in [0, 0.1) is 18.6 Å². The monoisotopic (exact) mass is 411 g/mol. The van der Waals surface area contributed by atoms with Crippen LogP contribution in [0.15, 0.2) is 66.4 Å². The molecule has 1 heterocycles. The first-order chi connectivity index (χ1) is 14.3. The molecular weight excluding hydrogens is 388 g/mol. The molecule has 1 atom stereocenters. The molecule has 1 aliphatic rings. The first kappa shape index (κ1) is 21.4. The van der Waals surface area contributed by atoms with Crippen molar-refractivity contribution in [3.63, 3.8) is 0 Å². The van der Waals surface area contributed by atoms with Crippen LogP contribution in [-0.2, 0) is 20.9 Å². The number of hydrogen-bond donors (Lipinski definition) is 0. The topological polar surface area (TPSA) is 46.6 Å². The summed E-state index contributed by atoms with van der Waals surface area (Å²) in [6, 6.07) is 10.8. The van der Waals surface area contributed by atoms with Gasteiger partial charge in [0, 0.05) is 24.1 Å². The molecule has 0 spiro atoms. The van der Waals surface area contributed by atoms with E-state index in [9.17, 15) is 18.4 Å². The van der Waals surface area contributed by atoms with Gasteiger partial charge in [-0.1, -0.05) is 43.0 Å². The Morgan fingerprint density at radius 3 is 2.63 bits per heavy atom. The van der Waals surface area contributed by atoms with Gasteiger partial charge in [0.1, 0.15) is 18.2 Å². The summed E-state index contributed by atoms with van der Waals surface area (Å²) >= 11 is 0. The van der Waals surface area contributed by atoms with Gasteiger partial charge < -0.3 is 9.64 Å². The normalized spacial score (nSPS) is 16.6. The average Bonchev–Trinajstić information content (AvgIpc) is 2.70. The van der Waals surface area contributed by atoms with Gasteiger partial charge in [-0.15, -0.1) is 0 Å². The van der Waals surface area contributed by atoms with Crippen LogP contribution in [0.1, 0.15) is 36.0 Å². The zero-order chi connectivity index (χ0) is 21.8. The minimum absolute atomic E-state index is 0.0139. The number of nitrogens with zero attached hydrogens (tertiary/aromatic N) is 1. The third-order valence-electron chi connectivity index (χ3n) is 5.30. The molecule has 0 fully saturated rings. The summed E-state index contributed by atoms with van der Waals surface area (Å²) in [6.45, 7) is 7.39. The summed E-state index contributed by atoms with van der Waals surface area (Å²) < 4.78 is 33.1. The minimum Gasteiger partial charge on any atom is -0.458 e. The second-order valence-corrected chi connectivity index (χ2v) is 7.22. The van der Waals surface area contributed by atoms with Crippen molar-refractivity contribution in [3.8, 4) is 0 Å². The average molecular weight is 411 g/mol. The number of carbonyl (C=O) groups excluding carboxylic acids is 2. The highest BCUT2D eigenvalue weighted by molar-refractivity contribution is 5.96. The zero-order valence-electron chi connectivity index (χ0n) is 17.0. The van der Waals surface area contributed by atoms with Crippen molar-refractivity contribution in [2.45, 2.75) is 32.7 Å². The second kappa shape index (κ2) is 9.03. The lowest BCUT2D eigenvalue weighted by atomic mass is 9.83. The number of hydrogen-bond acceptors (Lipinski definition) is 3. The number of aryl methyl sites for hydroxylation is 1. The lowest BCUT2D eigenvalue weighted by Crippen LogP contribution is -2.38. The molecular formula is C24H23F2NO3. The Balaban J connectivity index is 2.07. The zero-order valence-corrected chi connectivity index (χ0v) is 17.0. The fraction of sp³-hybridized carbons (Fsp3) is 0.250. The third kappa shape index (κ3) is 4.32. The molecule has 0 N–H and O–H groups in total. The minimum atomic E-state index is -0.858. The van der Waals surface area contributed by atoms with Crippen molar-refractivity contribution < 1.29 is 23.1 Å². The number of halogens is 2. The summed E-state index contributed by atoms with van der Waals surface area (Å²) in [6.07, 6.45) is 1.31. The van der Waals surface area contributed by atoms with E-state index < -0.39 is 23.5 Å². The Hall–Kier alpha value is -3.28. The Morgan fingerprint density at radius 2 is 1.97 bits per heavy atom. The molecule has 2 aromatic carbocycles. The number of ether oxygens (including phenoxy) is 1. The van der Waals surface area contributed by atoms with Crippen molar-refractivity contribution in [1.29, 1.82) is 0 Å². The highest BCUT2D eigenvalue weighted by Gasteiger charge is 2.38. The van der Waals surface area contributed by atoms with Crippen molar-refractivity contribution in [3.05, 3.63) is 94.7 Å². The van der Waals surface area contributed by atoms with Crippen LogP contribution >= 0.6 is 0 Å². The Labute approximate surface area is 174 Å². The van der Waals surface area contributed by atoms with Crippen LogP contribution in [0.5, 0.6) is 0 Å². The van der Waals surface area contributed by atoms with Gasteiger partial charge in [-0.2, -0.15) is 0 Å². The second-order valence-electron chi connectivity index (χ2n) is 7.22. The van der Waals surface area contributed by atoms with Gasteiger partial charge in [0.15, 0.2) is 0 Å². The van der Waals surface area contributed by atoms with Crippen LogP contribution in [-0.4, -0.2) is 23.4 Å². The summed E-state index contributed by atoms with van der Waals surface area (Å²) in [5, 5.41) is 0. The Kier molecular flexibility index (Phi) is 6.45. The highest BCUT2D eigenvalue weighted by Crippen LogP contribution is 2.39. The number of esters is 1. The maximum atomic E-state index is 14.5. The predicted octanol–water partition coefficient (Wildman–Crippen LogP) is 4.79. The van der Waals surface area contributed by atoms with Gasteiger partial charge in [-0.25, -0.2) is 13.6 Å². The van der Waals surface area contributed by atoms with Gasteiger partial charge in [0.05, 0.1) is 12.1 Å². The van der Waals surface area contributed by atoms with Crippen LogP contribution < -0.4 is 0 Å². The van der Waals surface area contributed by atoms with E-state index >= 15 is 0 Å². The van der Waals surface area contributed by atoms with Crippen molar-refractivity contribution in [2.75, 3.05) is 6.61 Å². The standard InChI is InChI=1S/C24H23F2NO3/c1-4-11-30-24(29)23-16(3)27(14-17-8-6-5-7-15(17)2)22(28)13-20(23)19-10-9-18(25)12-21(19)26/h4-10,12,20H,1,11,13-14H2,2-3H3/t20-/m1/s1. The first-order valence-corrected chi connectivity index (χ1v) is 9.62. The largest absolute Gasteiger partial charge is 0.458 e. The number of benzene rings is 2. The smallest absolute Gasteiger partial charge is 0.336 e. The summed E-state index contributed by atoms with van der Waals surface area (Å²) in [4.78, 5) is 27.3. The molecule has 30 heavy (non-hydrogen) atoms. The molecule has 2 aromatic rings. The first-order valence-electron chi connectivity index (χ1n) is 9.62. The highest BCUT2D eigenvalue weighted by atomic mass is 19.1. The molecule has 3 rings (SSSR count). The third-order valence-corrected chi connectivity index (χ3v) is 5.30. The number of carbonyl (C=O) groups is 2. The Morgan fingerprint density at radius 1 is 1.23 bits per heavy atom. The number of rotatable bonds is 6. The van der Waals surface area contributed by atoms with Crippen LogP contribution in [0.25, 0.3) is 0 Å². The lowest BCUT2D eigenvalue weighted by molar-refractivity contribution is -0.139. The molecule has 0 aromatic heterocycles. The van der Waals surface area contributed by atoms with Gasteiger partial charge in [0.25, 0.3) is 0 Å². The van der Waals surface area contributed by atoms with Crippen LogP contribution in [0.2, 0.25) is 0 Å². The molecule has 0 bridgehead atoms. The molecule has 6 heteroatoms. The van der Waals surface area contributed by atoms with Crippen molar-refractivity contribution in [1.82, 2.24) is 4.90 Å². The molecule has 156 valence electrons. The maximum absolute atomic E-state index is 14.5. The van der Waals surface area contributed by atoms with Gasteiger partial charge in [-0.3, -0.25) is 4.79 Å². The van der Waals surface area contributed by atoms with Crippen LogP contribution in [0.4, 0.5) is 8.78 Å². The maximum Gasteiger partial charge on any atom is 0.336 e. The van der Waals surface area contributed by atoms with E-state index in [0.29, 0.717) is 5.70 Å². The number of amides is 1. The molecule has 0 saturated heterocycles. The van der Waals surface area contributed by atoms with Gasteiger partial charge >= 0.3 is 5.97 Å². The fourth-order valence-electron chi connectivity index (χ4n) is 3.69. The molecule has 0 radical (unpaired) electrons. The number of allylic oxidation sites excluding steroid dienone is 1. The summed E-state index contributed by atoms with van der Waals surface area (Å²) in [5.41, 5.74) is 2.63. The SMILES string of the molecule is C=CCOC(=O)C1=C(C)N(Cc2ccccc2C)C(=O)C[C@@H]1c1ccc(F)cc1F. The van der Waals surface area contributed by atoms with E-state index in [4.69, 9.17) is 4.74 Å². The Bertz CT molecular complexity index is 1030. The van der Waals surface area contributed by atoms with E-state index in [1.54, 1.807) is 6.92 Å². The van der Waals surface area contributed by atoms with Crippen molar-refractivity contribution >= 4 is 11.9 Å². The van der Waals surface area contributed by atoms with E-state index in [1.807, 2.05) is 31.2 Å². The molecule has 4 nitrogen and oxygen atoms in total. The van der Waals surface area contributed by atoms with Gasteiger partial charge in [-0.05, 0) is 36.6 Å². The lowest BCUT2D eigenvalue weighted by Gasteiger charge is -2.35. The van der Waals surface area contributed by atoms with E-state index in [1.165, 1.54) is 17.0 Å². The molecule has 0 unspecified atom stereocenters. The van der Waals surface area contributed by atoms with E-state index in [0.717, 1.165) is 23.3 Å². The predicted molar refractivity (Wildman–Crippen MR) is 109 cm³/mol. The van der Waals surface area contributed by atoms with Crippen LogP contribution in [0.3, 0.4) is 0 Å². The molecule has 1 aliphatic heterocycles. The molecule has 0 aliphatic carbocycles. The summed E-state index contributed by atoms with van der Waals surface area (Å²) in [7, 11) is 0.